The molecule has 0 atom stereocenters. The summed E-state index contributed by atoms with van der Waals surface area (Å²) in [4.78, 5) is 24.8. The maximum Gasteiger partial charge on any atom is 0.247 e. The zero-order chi connectivity index (χ0) is 21.9. The van der Waals surface area contributed by atoms with Crippen LogP contribution < -0.4 is 10.1 Å². The Hall–Kier alpha value is -2.63. The largest absolute Gasteiger partial charge is 0.494 e. The Balaban J connectivity index is 1.85. The number of anilines is 1. The molecule has 30 heavy (non-hydrogen) atoms. The normalized spacial score (nSPS) is 10.8. The summed E-state index contributed by atoms with van der Waals surface area (Å²) in [5.41, 5.74) is 3.67. The summed E-state index contributed by atoms with van der Waals surface area (Å²) in [5, 5.41) is 7.25. The van der Waals surface area contributed by atoms with Gasteiger partial charge in [-0.15, -0.1) is 0 Å². The van der Waals surface area contributed by atoms with Gasteiger partial charge in [-0.3, -0.25) is 9.59 Å². The zero-order valence-corrected chi connectivity index (χ0v) is 18.8. The van der Waals surface area contributed by atoms with E-state index >= 15 is 0 Å². The molecule has 1 aromatic heterocycles. The van der Waals surface area contributed by atoms with Crippen LogP contribution in [-0.2, 0) is 11.2 Å². The van der Waals surface area contributed by atoms with Crippen LogP contribution >= 0.6 is 0 Å². The van der Waals surface area contributed by atoms with Crippen molar-refractivity contribution in [1.82, 2.24) is 9.78 Å². The monoisotopic (exact) mass is 413 g/mol. The van der Waals surface area contributed by atoms with Gasteiger partial charge in [0.05, 0.1) is 12.3 Å². The minimum atomic E-state index is -0.190. The first-order chi connectivity index (χ1) is 14.5. The molecule has 6 nitrogen and oxygen atoms in total. The fourth-order valence-corrected chi connectivity index (χ4v) is 3.54. The molecule has 0 fully saturated rings. The Bertz CT molecular complexity index is 825. The lowest BCUT2D eigenvalue weighted by atomic mass is 10.0. The van der Waals surface area contributed by atoms with Crippen LogP contribution in [-0.4, -0.2) is 28.2 Å². The van der Waals surface area contributed by atoms with E-state index < -0.39 is 0 Å². The molecule has 6 heteroatoms. The van der Waals surface area contributed by atoms with Crippen molar-refractivity contribution < 1.29 is 14.3 Å². The Kier molecular flexibility index (Phi) is 9.58. The fourth-order valence-electron chi connectivity index (χ4n) is 3.54. The molecule has 0 aliphatic carbocycles. The molecule has 2 aromatic rings. The van der Waals surface area contributed by atoms with Crippen LogP contribution in [0.25, 0.3) is 0 Å². The van der Waals surface area contributed by atoms with E-state index in [1.807, 2.05) is 32.9 Å². The fraction of sp³-hybridized carbons (Fsp3) is 0.542. The first kappa shape index (κ1) is 23.6. The summed E-state index contributed by atoms with van der Waals surface area (Å²) in [6.45, 7) is 8.63. The second kappa shape index (κ2) is 12.2. The molecule has 2 rings (SSSR count). The van der Waals surface area contributed by atoms with Gasteiger partial charge in [-0.1, -0.05) is 32.6 Å². The molecule has 1 amide bonds. The molecule has 0 saturated carbocycles. The Morgan fingerprint density at radius 2 is 1.70 bits per heavy atom. The zero-order valence-electron chi connectivity index (χ0n) is 18.8. The molecule has 164 valence electrons. The number of carbonyl (C=O) groups excluding carboxylic acids is 2. The summed E-state index contributed by atoms with van der Waals surface area (Å²) >= 11 is 0. The molecule has 1 aromatic carbocycles. The maximum atomic E-state index is 12.6. The van der Waals surface area contributed by atoms with E-state index in [9.17, 15) is 9.59 Å². The number of ether oxygens (including phenoxy) is 1. The highest BCUT2D eigenvalue weighted by Crippen LogP contribution is 2.18. The number of nitrogens with zero attached hydrogens (tertiary/aromatic N) is 2. The molecule has 1 N–H and O–H groups in total. The number of hydrogen-bond acceptors (Lipinski definition) is 4. The van der Waals surface area contributed by atoms with Crippen molar-refractivity contribution in [2.24, 2.45) is 0 Å². The van der Waals surface area contributed by atoms with E-state index in [0.717, 1.165) is 30.0 Å². The second-order valence-corrected chi connectivity index (χ2v) is 7.62. The van der Waals surface area contributed by atoms with Gasteiger partial charge < -0.3 is 10.1 Å². The number of benzene rings is 1. The Morgan fingerprint density at radius 3 is 2.37 bits per heavy atom. The van der Waals surface area contributed by atoms with Crippen LogP contribution in [0.1, 0.15) is 80.5 Å². The molecular weight excluding hydrogens is 378 g/mol. The van der Waals surface area contributed by atoms with Gasteiger partial charge in [0.15, 0.2) is 0 Å². The van der Waals surface area contributed by atoms with Gasteiger partial charge in [-0.2, -0.15) is 5.10 Å². The van der Waals surface area contributed by atoms with E-state index in [1.165, 1.54) is 35.9 Å². The van der Waals surface area contributed by atoms with Crippen LogP contribution in [0.3, 0.4) is 0 Å². The van der Waals surface area contributed by atoms with Crippen molar-refractivity contribution in [3.8, 4) is 5.75 Å². The van der Waals surface area contributed by atoms with E-state index in [0.29, 0.717) is 12.3 Å². The van der Waals surface area contributed by atoms with Crippen LogP contribution in [0, 0.1) is 13.8 Å². The third-order valence-electron chi connectivity index (χ3n) is 5.22. The van der Waals surface area contributed by atoms with Crippen molar-refractivity contribution in [3.05, 3.63) is 41.2 Å². The first-order valence-corrected chi connectivity index (χ1v) is 11.1. The van der Waals surface area contributed by atoms with Crippen molar-refractivity contribution >= 4 is 17.5 Å². The topological polar surface area (TPSA) is 73.2 Å². The standard InChI is InChI=1S/C24H35N3O3/c1-5-7-8-9-10-11-22-18(3)26-27(19(22)4)24(29)17-16-23(28)25-20-12-14-21(15-13-20)30-6-2/h12-15H,5-11,16-17H2,1-4H3,(H,25,28). The van der Waals surface area contributed by atoms with Crippen molar-refractivity contribution in [1.29, 1.82) is 0 Å². The van der Waals surface area contributed by atoms with Crippen LogP contribution in [0.5, 0.6) is 5.75 Å². The molecule has 1 heterocycles. The number of aromatic nitrogens is 2. The summed E-state index contributed by atoms with van der Waals surface area (Å²) in [6, 6.07) is 7.20. The minimum Gasteiger partial charge on any atom is -0.494 e. The highest BCUT2D eigenvalue weighted by molar-refractivity contribution is 5.93. The van der Waals surface area contributed by atoms with Crippen LogP contribution in [0.2, 0.25) is 0 Å². The predicted octanol–water partition coefficient (Wildman–Crippen LogP) is 5.47. The van der Waals surface area contributed by atoms with Crippen molar-refractivity contribution in [2.45, 2.75) is 79.1 Å². The van der Waals surface area contributed by atoms with Crippen LogP contribution in [0.15, 0.2) is 24.3 Å². The van der Waals surface area contributed by atoms with Gasteiger partial charge in [0.1, 0.15) is 5.75 Å². The first-order valence-electron chi connectivity index (χ1n) is 11.1. The average molecular weight is 414 g/mol. The van der Waals surface area contributed by atoms with Gasteiger partial charge >= 0.3 is 0 Å². The Labute approximate surface area is 180 Å². The lowest BCUT2D eigenvalue weighted by Gasteiger charge is -2.08. The lowest BCUT2D eigenvalue weighted by molar-refractivity contribution is -0.116. The van der Waals surface area contributed by atoms with Crippen molar-refractivity contribution in [2.75, 3.05) is 11.9 Å². The van der Waals surface area contributed by atoms with Crippen LogP contribution in [0.4, 0.5) is 5.69 Å². The number of aryl methyl sites for hydroxylation is 1. The van der Waals surface area contributed by atoms with Gasteiger partial charge in [0.25, 0.3) is 0 Å². The number of unbranched alkanes of at least 4 members (excludes halogenated alkanes) is 4. The number of nitrogens with one attached hydrogen (secondary N) is 1. The summed E-state index contributed by atoms with van der Waals surface area (Å²) in [7, 11) is 0. The van der Waals surface area contributed by atoms with E-state index in [2.05, 4.69) is 17.3 Å². The average Bonchev–Trinajstić information content (AvgIpc) is 3.01. The molecule has 0 radical (unpaired) electrons. The summed E-state index contributed by atoms with van der Waals surface area (Å²) in [5.74, 6) is 0.427. The third-order valence-corrected chi connectivity index (χ3v) is 5.22. The molecule has 0 aliphatic heterocycles. The third kappa shape index (κ3) is 7.01. The molecule has 0 bridgehead atoms. The van der Waals surface area contributed by atoms with E-state index in [1.54, 1.807) is 12.1 Å². The van der Waals surface area contributed by atoms with E-state index in [-0.39, 0.29) is 24.7 Å². The number of rotatable bonds is 12. The van der Waals surface area contributed by atoms with Gasteiger partial charge in [-0.25, -0.2) is 4.68 Å². The van der Waals surface area contributed by atoms with Crippen molar-refractivity contribution in [3.63, 3.8) is 0 Å². The number of hydrogen-bond donors (Lipinski definition) is 1. The molecule has 0 saturated heterocycles. The molecule has 0 spiro atoms. The highest BCUT2D eigenvalue weighted by Gasteiger charge is 2.17. The smallest absolute Gasteiger partial charge is 0.247 e. The quantitative estimate of drug-likeness (QED) is 0.468. The molecular formula is C24H35N3O3. The maximum absolute atomic E-state index is 12.6. The SMILES string of the molecule is CCCCCCCc1c(C)nn(C(=O)CCC(=O)Nc2ccc(OCC)cc2)c1C. The summed E-state index contributed by atoms with van der Waals surface area (Å²) < 4.78 is 6.86. The lowest BCUT2D eigenvalue weighted by Crippen LogP contribution is -2.18. The van der Waals surface area contributed by atoms with Gasteiger partial charge in [-0.05, 0) is 63.4 Å². The second-order valence-electron chi connectivity index (χ2n) is 7.62. The molecule has 0 unspecified atom stereocenters. The summed E-state index contributed by atoms with van der Waals surface area (Å²) in [6.07, 6.45) is 7.28. The molecule has 0 aliphatic rings. The van der Waals surface area contributed by atoms with E-state index in [4.69, 9.17) is 4.74 Å². The number of amides is 1. The van der Waals surface area contributed by atoms with Gasteiger partial charge in [0.2, 0.25) is 11.8 Å². The Morgan fingerprint density at radius 1 is 1.00 bits per heavy atom. The van der Waals surface area contributed by atoms with Gasteiger partial charge in [0, 0.05) is 24.2 Å². The predicted molar refractivity (Wildman–Crippen MR) is 120 cm³/mol. The highest BCUT2D eigenvalue weighted by atomic mass is 16.5. The minimum absolute atomic E-state index is 0.122. The number of carbonyl (C=O) groups is 2.